The number of aromatic nitrogens is 2. The van der Waals surface area contributed by atoms with Gasteiger partial charge >= 0.3 is 5.97 Å². The van der Waals surface area contributed by atoms with E-state index >= 15 is 0 Å². The molecule has 1 fully saturated rings. The monoisotopic (exact) mass is 421 g/mol. The van der Waals surface area contributed by atoms with Crippen LogP contribution < -0.4 is 10.9 Å². The topological polar surface area (TPSA) is 81.9 Å². The van der Waals surface area contributed by atoms with Crippen LogP contribution in [-0.4, -0.2) is 35.7 Å². The lowest BCUT2D eigenvalue weighted by Gasteiger charge is -2.23. The summed E-state index contributed by atoms with van der Waals surface area (Å²) < 4.78 is 12.0. The predicted molar refractivity (Wildman–Crippen MR) is 119 cm³/mol. The van der Waals surface area contributed by atoms with Gasteiger partial charge < -0.3 is 14.8 Å². The molecule has 162 valence electrons. The van der Waals surface area contributed by atoms with Crippen LogP contribution >= 0.6 is 0 Å². The minimum absolute atomic E-state index is 0.0846. The third-order valence-electron chi connectivity index (χ3n) is 5.76. The van der Waals surface area contributed by atoms with Crippen LogP contribution in [0.4, 0.5) is 5.69 Å². The Labute approximate surface area is 181 Å². The van der Waals surface area contributed by atoms with E-state index < -0.39 is 5.97 Å². The lowest BCUT2D eigenvalue weighted by atomic mass is 9.96. The fourth-order valence-corrected chi connectivity index (χ4v) is 4.12. The van der Waals surface area contributed by atoms with Crippen molar-refractivity contribution in [1.29, 1.82) is 0 Å². The van der Waals surface area contributed by atoms with Gasteiger partial charge in [-0.05, 0) is 50.5 Å². The Kier molecular flexibility index (Phi) is 6.04. The van der Waals surface area contributed by atoms with Crippen molar-refractivity contribution in [3.8, 4) is 0 Å². The molecule has 7 heteroatoms. The number of rotatable bonds is 5. The number of aryl methyl sites for hydroxylation is 1. The van der Waals surface area contributed by atoms with Crippen LogP contribution in [-0.2, 0) is 9.47 Å². The van der Waals surface area contributed by atoms with E-state index in [0.29, 0.717) is 30.1 Å². The van der Waals surface area contributed by atoms with Gasteiger partial charge in [-0.2, -0.15) is 0 Å². The normalized spacial score (nSPS) is 15.6. The maximum atomic E-state index is 12.9. The van der Waals surface area contributed by atoms with Gasteiger partial charge in [-0.1, -0.05) is 12.1 Å². The van der Waals surface area contributed by atoms with Gasteiger partial charge in [-0.25, -0.2) is 9.78 Å². The fourth-order valence-electron chi connectivity index (χ4n) is 4.12. The molecule has 1 unspecified atom stereocenters. The molecule has 1 atom stereocenters. The molecule has 0 aliphatic carbocycles. The summed E-state index contributed by atoms with van der Waals surface area (Å²) in [6, 6.07) is 10.7. The highest BCUT2D eigenvalue weighted by Gasteiger charge is 2.21. The Morgan fingerprint density at radius 1 is 1.26 bits per heavy atom. The zero-order valence-electron chi connectivity index (χ0n) is 18.1. The van der Waals surface area contributed by atoms with Crippen LogP contribution in [0.5, 0.6) is 0 Å². The summed E-state index contributed by atoms with van der Waals surface area (Å²) in [4.78, 5) is 30.0. The maximum absolute atomic E-state index is 12.9. The Morgan fingerprint density at radius 2 is 2.00 bits per heavy atom. The maximum Gasteiger partial charge on any atom is 0.339 e. The van der Waals surface area contributed by atoms with Crippen molar-refractivity contribution < 1.29 is 14.3 Å². The zero-order valence-corrected chi connectivity index (χ0v) is 18.1. The highest BCUT2D eigenvalue weighted by atomic mass is 16.5. The number of ether oxygens (including phenoxy) is 2. The quantitative estimate of drug-likeness (QED) is 0.630. The van der Waals surface area contributed by atoms with Crippen molar-refractivity contribution in [1.82, 2.24) is 9.38 Å². The van der Waals surface area contributed by atoms with Crippen LogP contribution in [0, 0.1) is 6.92 Å². The van der Waals surface area contributed by atoms with E-state index in [1.807, 2.05) is 38.2 Å². The van der Waals surface area contributed by atoms with Crippen LogP contribution in [0.1, 0.15) is 58.9 Å². The molecule has 0 bridgehead atoms. The van der Waals surface area contributed by atoms with Gasteiger partial charge in [-0.15, -0.1) is 0 Å². The van der Waals surface area contributed by atoms with Crippen molar-refractivity contribution >= 4 is 17.3 Å². The molecule has 2 aromatic heterocycles. The second-order valence-corrected chi connectivity index (χ2v) is 7.98. The highest BCUT2D eigenvalue weighted by molar-refractivity contribution is 5.95. The molecule has 4 rings (SSSR count). The summed E-state index contributed by atoms with van der Waals surface area (Å²) in [6.45, 7) is 5.33. The molecule has 0 amide bonds. The minimum atomic E-state index is -0.402. The molecule has 31 heavy (non-hydrogen) atoms. The standard InChI is InChI=1S/C24H27N3O4/c1-15-12-19(16(2)25-20-7-5-4-6-18(20)24(29)30-3)23-26-21(13-22(28)27(23)14-15)17-8-10-31-11-9-17/h4-7,12-14,16-17,25H,8-11H2,1-3H3. The average molecular weight is 421 g/mol. The molecule has 1 aliphatic rings. The smallest absolute Gasteiger partial charge is 0.339 e. The predicted octanol–water partition coefficient (Wildman–Crippen LogP) is 3.86. The van der Waals surface area contributed by atoms with Gasteiger partial charge in [0.15, 0.2) is 0 Å². The average Bonchev–Trinajstić information content (AvgIpc) is 2.79. The molecule has 1 saturated heterocycles. The van der Waals surface area contributed by atoms with Crippen LogP contribution in [0.2, 0.25) is 0 Å². The number of carbonyl (C=O) groups is 1. The third kappa shape index (κ3) is 4.32. The number of hydrogen-bond acceptors (Lipinski definition) is 6. The highest BCUT2D eigenvalue weighted by Crippen LogP contribution is 2.28. The summed E-state index contributed by atoms with van der Waals surface area (Å²) in [5.74, 6) is -0.176. The number of hydrogen-bond donors (Lipinski definition) is 1. The first-order valence-corrected chi connectivity index (χ1v) is 10.5. The Hall–Kier alpha value is -3.19. The van der Waals surface area contributed by atoms with E-state index in [1.165, 1.54) is 7.11 Å². The van der Waals surface area contributed by atoms with Gasteiger partial charge in [0.25, 0.3) is 5.56 Å². The molecule has 1 aromatic carbocycles. The summed E-state index contributed by atoms with van der Waals surface area (Å²) in [7, 11) is 1.37. The first-order valence-electron chi connectivity index (χ1n) is 10.5. The molecule has 0 spiro atoms. The van der Waals surface area contributed by atoms with Crippen molar-refractivity contribution in [3.05, 3.63) is 75.3 Å². The fraction of sp³-hybridized carbons (Fsp3) is 0.375. The second-order valence-electron chi connectivity index (χ2n) is 7.98. The molecule has 0 radical (unpaired) electrons. The zero-order chi connectivity index (χ0) is 22.0. The number of benzene rings is 1. The third-order valence-corrected chi connectivity index (χ3v) is 5.76. The van der Waals surface area contributed by atoms with E-state index in [1.54, 1.807) is 22.6 Å². The number of anilines is 1. The second kappa shape index (κ2) is 8.89. The molecular weight excluding hydrogens is 394 g/mol. The number of para-hydroxylation sites is 1. The van der Waals surface area contributed by atoms with Gasteiger partial charge in [0, 0.05) is 42.6 Å². The van der Waals surface area contributed by atoms with Gasteiger partial charge in [0.2, 0.25) is 0 Å². The molecule has 0 saturated carbocycles. The largest absolute Gasteiger partial charge is 0.465 e. The molecular formula is C24H27N3O4. The van der Waals surface area contributed by atoms with E-state index in [2.05, 4.69) is 5.32 Å². The van der Waals surface area contributed by atoms with Gasteiger partial charge in [-0.3, -0.25) is 9.20 Å². The minimum Gasteiger partial charge on any atom is -0.465 e. The van der Waals surface area contributed by atoms with Crippen molar-refractivity contribution in [2.45, 2.75) is 38.6 Å². The first kappa shape index (κ1) is 21.1. The summed E-state index contributed by atoms with van der Waals surface area (Å²) in [6.07, 6.45) is 3.55. The number of nitrogens with one attached hydrogen (secondary N) is 1. The molecule has 1 N–H and O–H groups in total. The van der Waals surface area contributed by atoms with E-state index in [0.717, 1.165) is 29.7 Å². The molecule has 1 aliphatic heterocycles. The van der Waals surface area contributed by atoms with Crippen molar-refractivity contribution in [3.63, 3.8) is 0 Å². The summed E-state index contributed by atoms with van der Waals surface area (Å²) in [5.41, 5.74) is 4.35. The first-order chi connectivity index (χ1) is 15.0. The molecule has 3 heterocycles. The van der Waals surface area contributed by atoms with Crippen molar-refractivity contribution in [2.75, 3.05) is 25.6 Å². The van der Waals surface area contributed by atoms with E-state index in [4.69, 9.17) is 14.5 Å². The Bertz CT molecular complexity index is 1170. The number of esters is 1. The Balaban J connectivity index is 1.77. The van der Waals surface area contributed by atoms with Crippen LogP contribution in [0.3, 0.4) is 0 Å². The van der Waals surface area contributed by atoms with Gasteiger partial charge in [0.05, 0.1) is 24.4 Å². The number of carbonyl (C=O) groups excluding carboxylic acids is 1. The number of pyridine rings is 1. The molecule has 3 aromatic rings. The van der Waals surface area contributed by atoms with Crippen LogP contribution in [0.15, 0.2) is 47.4 Å². The van der Waals surface area contributed by atoms with E-state index in [-0.39, 0.29) is 17.5 Å². The lowest BCUT2D eigenvalue weighted by molar-refractivity contribution is 0.0601. The SMILES string of the molecule is COC(=O)c1ccccc1NC(C)c1cc(C)cn2c(=O)cc(C3CCOCC3)nc12. The van der Waals surface area contributed by atoms with Crippen LogP contribution in [0.25, 0.3) is 5.65 Å². The summed E-state index contributed by atoms with van der Waals surface area (Å²) in [5, 5.41) is 3.40. The summed E-state index contributed by atoms with van der Waals surface area (Å²) >= 11 is 0. The van der Waals surface area contributed by atoms with E-state index in [9.17, 15) is 9.59 Å². The number of nitrogens with zero attached hydrogens (tertiary/aromatic N) is 2. The molecule has 7 nitrogen and oxygen atoms in total. The number of fused-ring (bicyclic) bond motifs is 1. The van der Waals surface area contributed by atoms with Crippen molar-refractivity contribution in [2.24, 2.45) is 0 Å². The number of methoxy groups -OCH3 is 1. The van der Waals surface area contributed by atoms with Gasteiger partial charge in [0.1, 0.15) is 5.65 Å². The lowest BCUT2D eigenvalue weighted by Crippen LogP contribution is -2.23. The Morgan fingerprint density at radius 3 is 2.74 bits per heavy atom.